The summed E-state index contributed by atoms with van der Waals surface area (Å²) in [5, 5.41) is -1.23. The number of para-hydroxylation sites is 1. The van der Waals surface area contributed by atoms with Gasteiger partial charge in [-0.15, -0.1) is 12.4 Å². The molecule has 1 unspecified atom stereocenters. The molecule has 0 bridgehead atoms. The van der Waals surface area contributed by atoms with E-state index in [-0.39, 0.29) is 46.7 Å². The Morgan fingerprint density at radius 2 is 1.86 bits per heavy atom. The summed E-state index contributed by atoms with van der Waals surface area (Å²) in [4.78, 5) is 4.24. The Bertz CT molecular complexity index is 834. The molecule has 0 N–H and O–H groups in total. The van der Waals surface area contributed by atoms with E-state index < -0.39 is 26.8 Å². The van der Waals surface area contributed by atoms with Crippen LogP contribution in [0.1, 0.15) is 29.0 Å². The summed E-state index contributed by atoms with van der Waals surface area (Å²) in [7, 11) is -3.57. The molecule has 8 heteroatoms. The van der Waals surface area contributed by atoms with E-state index in [4.69, 9.17) is 0 Å². The molecule has 120 valence electrons. The molecule has 2 aromatic rings. The molecule has 1 aliphatic rings. The van der Waals surface area contributed by atoms with E-state index in [0.29, 0.717) is 0 Å². The smallest absolute Gasteiger partial charge is 0.252 e. The van der Waals surface area contributed by atoms with E-state index >= 15 is 0 Å². The lowest BCUT2D eigenvalue weighted by Crippen LogP contribution is -2.27. The second-order valence-electron chi connectivity index (χ2n) is 5.12. The van der Waals surface area contributed by atoms with Crippen LogP contribution in [0.4, 0.5) is 13.2 Å². The highest BCUT2D eigenvalue weighted by Crippen LogP contribution is 2.44. The average molecular weight is 352 g/mol. The third kappa shape index (κ3) is 2.56. The molecule has 1 aromatic carbocycles. The van der Waals surface area contributed by atoms with Crippen LogP contribution in [0.15, 0.2) is 24.3 Å². The zero-order valence-corrected chi connectivity index (χ0v) is 13.1. The van der Waals surface area contributed by atoms with E-state index in [1.165, 1.54) is 25.1 Å². The van der Waals surface area contributed by atoms with Crippen LogP contribution in [0.2, 0.25) is 0 Å². The highest BCUT2D eigenvalue weighted by Gasteiger charge is 2.42. The van der Waals surface area contributed by atoms with Gasteiger partial charge in [0.15, 0.2) is 9.84 Å². The Morgan fingerprint density at radius 1 is 1.23 bits per heavy atom. The summed E-state index contributed by atoms with van der Waals surface area (Å²) >= 11 is 0. The Morgan fingerprint density at radius 3 is 2.50 bits per heavy atom. The Kier molecular flexibility index (Phi) is 4.16. The molecule has 0 amide bonds. The summed E-state index contributed by atoms with van der Waals surface area (Å²) in [6.45, 7) is 1.30. The monoisotopic (exact) mass is 351 g/mol. The zero-order valence-electron chi connectivity index (χ0n) is 11.5. The van der Waals surface area contributed by atoms with Gasteiger partial charge >= 0.3 is 6.18 Å². The highest BCUT2D eigenvalue weighted by molar-refractivity contribution is 7.91. The molecule has 0 saturated carbocycles. The number of benzene rings is 1. The number of alkyl halides is 3. The van der Waals surface area contributed by atoms with Crippen LogP contribution in [0.3, 0.4) is 0 Å². The third-order valence-electron chi connectivity index (χ3n) is 3.86. The van der Waals surface area contributed by atoms with Crippen LogP contribution in [-0.2, 0) is 22.4 Å². The molecule has 1 atom stereocenters. The number of rotatable bonds is 0. The predicted molar refractivity (Wildman–Crippen MR) is 79.9 cm³/mol. The van der Waals surface area contributed by atoms with Gasteiger partial charge in [0.25, 0.3) is 0 Å². The van der Waals surface area contributed by atoms with E-state index in [1.54, 1.807) is 6.07 Å². The number of hydrogen-bond donors (Lipinski definition) is 0. The number of hydrogen-bond acceptors (Lipinski definition) is 3. The Labute approximate surface area is 131 Å². The predicted octanol–water partition coefficient (Wildman–Crippen LogP) is 3.71. The van der Waals surface area contributed by atoms with Crippen LogP contribution in [0, 0.1) is 0 Å². The molecule has 3 rings (SSSR count). The van der Waals surface area contributed by atoms with E-state index in [1.807, 2.05) is 0 Å². The number of pyridine rings is 1. The lowest BCUT2D eigenvalue weighted by atomic mass is 9.96. The van der Waals surface area contributed by atoms with E-state index in [2.05, 4.69) is 4.98 Å². The van der Waals surface area contributed by atoms with Gasteiger partial charge in [0.2, 0.25) is 0 Å². The van der Waals surface area contributed by atoms with Gasteiger partial charge in [-0.05, 0) is 13.0 Å². The first-order valence-electron chi connectivity index (χ1n) is 6.42. The number of sulfone groups is 1. The zero-order chi connectivity index (χ0) is 15.4. The van der Waals surface area contributed by atoms with E-state index in [9.17, 15) is 21.6 Å². The maximum absolute atomic E-state index is 13.5. The van der Waals surface area contributed by atoms with Crippen molar-refractivity contribution in [2.24, 2.45) is 0 Å². The van der Waals surface area contributed by atoms with Crippen LogP contribution >= 0.6 is 12.4 Å². The van der Waals surface area contributed by atoms with Crippen molar-refractivity contribution in [3.8, 4) is 0 Å². The number of fused-ring (bicyclic) bond motifs is 2. The minimum absolute atomic E-state index is 0. The largest absolute Gasteiger partial charge is 0.417 e. The van der Waals surface area contributed by atoms with Gasteiger partial charge in [0.1, 0.15) is 0 Å². The first-order valence-corrected chi connectivity index (χ1v) is 8.13. The lowest BCUT2D eigenvalue weighted by molar-refractivity contribution is -0.137. The van der Waals surface area contributed by atoms with Gasteiger partial charge in [-0.25, -0.2) is 8.42 Å². The van der Waals surface area contributed by atoms with E-state index in [0.717, 1.165) is 0 Å². The third-order valence-corrected chi connectivity index (χ3v) is 5.95. The molecule has 0 fully saturated rings. The number of aryl methyl sites for hydroxylation is 1. The highest BCUT2D eigenvalue weighted by atomic mass is 35.5. The number of aromatic nitrogens is 1. The molecule has 0 spiro atoms. The Balaban J connectivity index is 0.00000176. The fourth-order valence-electron chi connectivity index (χ4n) is 2.81. The first kappa shape index (κ1) is 17.0. The molecule has 0 radical (unpaired) electrons. The average Bonchev–Trinajstić information content (AvgIpc) is 2.40. The molecule has 1 aliphatic heterocycles. The van der Waals surface area contributed by atoms with Gasteiger partial charge in [-0.2, -0.15) is 13.2 Å². The Hall–Kier alpha value is -1.34. The van der Waals surface area contributed by atoms with Crippen molar-refractivity contribution in [3.05, 3.63) is 41.1 Å². The van der Waals surface area contributed by atoms with Gasteiger partial charge in [-0.3, -0.25) is 4.98 Å². The summed E-state index contributed by atoms with van der Waals surface area (Å²) in [5.41, 5.74) is -0.565. The van der Waals surface area contributed by atoms with Crippen LogP contribution in [0.5, 0.6) is 0 Å². The quantitative estimate of drug-likeness (QED) is 0.727. The maximum Gasteiger partial charge on any atom is 0.417 e. The minimum Gasteiger partial charge on any atom is -0.252 e. The van der Waals surface area contributed by atoms with Gasteiger partial charge in [0, 0.05) is 23.1 Å². The van der Waals surface area contributed by atoms with Gasteiger partial charge in [-0.1, -0.05) is 18.2 Å². The molecule has 0 aliphatic carbocycles. The molecule has 2 heterocycles. The first-order chi connectivity index (χ1) is 9.72. The molecule has 0 saturated heterocycles. The van der Waals surface area contributed by atoms with Crippen molar-refractivity contribution in [3.63, 3.8) is 0 Å². The summed E-state index contributed by atoms with van der Waals surface area (Å²) < 4.78 is 64.5. The molecular formula is C14H13ClF3NO2S. The maximum atomic E-state index is 13.5. The number of nitrogens with zero attached hydrogens (tertiary/aromatic N) is 1. The van der Waals surface area contributed by atoms with Gasteiger partial charge < -0.3 is 0 Å². The standard InChI is InChI=1S/C14H12F3NO2S.ClH/c1-8-12-11(6-7-21(8,19)20)18-10-5-3-2-4-9(10)13(12)14(15,16)17;/h2-5,8H,6-7H2,1H3;1H. The summed E-state index contributed by atoms with van der Waals surface area (Å²) in [6.07, 6.45) is -4.59. The van der Waals surface area contributed by atoms with Crippen molar-refractivity contribution in [2.75, 3.05) is 5.75 Å². The van der Waals surface area contributed by atoms with Crippen molar-refractivity contribution in [1.29, 1.82) is 0 Å². The van der Waals surface area contributed by atoms with Gasteiger partial charge in [0.05, 0.1) is 22.1 Å². The normalized spacial score (nSPS) is 20.3. The minimum atomic E-state index is -4.62. The molecule has 1 aromatic heterocycles. The molecule has 22 heavy (non-hydrogen) atoms. The van der Waals surface area contributed by atoms with Crippen LogP contribution in [0.25, 0.3) is 10.9 Å². The summed E-state index contributed by atoms with van der Waals surface area (Å²) in [6, 6.07) is 5.95. The van der Waals surface area contributed by atoms with Crippen molar-refractivity contribution >= 4 is 33.1 Å². The van der Waals surface area contributed by atoms with Crippen molar-refractivity contribution < 1.29 is 21.6 Å². The topological polar surface area (TPSA) is 47.0 Å². The van der Waals surface area contributed by atoms with Crippen LogP contribution in [-0.4, -0.2) is 19.2 Å². The fourth-order valence-corrected chi connectivity index (χ4v) is 4.25. The molecule has 3 nitrogen and oxygen atoms in total. The lowest BCUT2D eigenvalue weighted by Gasteiger charge is -2.26. The van der Waals surface area contributed by atoms with Crippen molar-refractivity contribution in [2.45, 2.75) is 24.8 Å². The van der Waals surface area contributed by atoms with Crippen molar-refractivity contribution in [1.82, 2.24) is 4.98 Å². The number of halogens is 4. The molecular weight excluding hydrogens is 339 g/mol. The SMILES string of the molecule is CC1c2c(nc3ccccc3c2C(F)(F)F)CCS1(=O)=O.Cl. The fraction of sp³-hybridized carbons (Fsp3) is 0.357. The summed E-state index contributed by atoms with van der Waals surface area (Å²) in [5.74, 6) is -0.163. The second-order valence-corrected chi connectivity index (χ2v) is 7.56. The van der Waals surface area contributed by atoms with Crippen LogP contribution < -0.4 is 0 Å². The second kappa shape index (κ2) is 5.38.